The van der Waals surface area contributed by atoms with Crippen molar-refractivity contribution >= 4 is 45.1 Å². The van der Waals surface area contributed by atoms with E-state index in [9.17, 15) is 19.5 Å². The number of aromatic hydroxyl groups is 1. The summed E-state index contributed by atoms with van der Waals surface area (Å²) in [5.41, 5.74) is 10.0. The van der Waals surface area contributed by atoms with Crippen molar-refractivity contribution < 1.29 is 14.7 Å². The van der Waals surface area contributed by atoms with Gasteiger partial charge in [-0.2, -0.15) is 0 Å². The fourth-order valence-corrected chi connectivity index (χ4v) is 3.71. The molecule has 0 saturated heterocycles. The van der Waals surface area contributed by atoms with E-state index in [1.165, 1.54) is 0 Å². The molecule has 100 valence electrons. The number of fused-ring (bicyclic) bond motifs is 1. The largest absolute Gasteiger partial charge is 0.506 e. The topological polar surface area (TPSA) is 139 Å². The lowest BCUT2D eigenvalue weighted by atomic mass is 10.2. The Balaban J connectivity index is 2.67. The van der Waals surface area contributed by atoms with E-state index in [4.69, 9.17) is 11.5 Å². The Morgan fingerprint density at radius 1 is 1.42 bits per heavy atom. The highest BCUT2D eigenvalue weighted by molar-refractivity contribution is 8.02. The van der Waals surface area contributed by atoms with Crippen LogP contribution in [-0.2, 0) is 4.79 Å². The molecular weight excluding hydrogens is 290 g/mol. The van der Waals surface area contributed by atoms with Gasteiger partial charge in [0.15, 0.2) is 0 Å². The molecule has 0 aromatic carbocycles. The van der Waals surface area contributed by atoms with Gasteiger partial charge in [-0.15, -0.1) is 23.1 Å². The van der Waals surface area contributed by atoms with Crippen LogP contribution in [0.3, 0.4) is 0 Å². The zero-order valence-electron chi connectivity index (χ0n) is 9.43. The number of amides is 2. The monoisotopic (exact) mass is 299 g/mol. The number of aromatic amines is 1. The molecule has 7 nitrogen and oxygen atoms in total. The summed E-state index contributed by atoms with van der Waals surface area (Å²) in [6, 6.07) is 1.01. The first kappa shape index (κ1) is 13.4. The third kappa shape index (κ3) is 2.56. The van der Waals surface area contributed by atoms with Crippen molar-refractivity contribution in [3.8, 4) is 5.75 Å². The summed E-state index contributed by atoms with van der Waals surface area (Å²) in [7, 11) is 0. The van der Waals surface area contributed by atoms with Gasteiger partial charge in [-0.1, -0.05) is 0 Å². The molecule has 0 bridgehead atoms. The molecule has 0 aliphatic rings. The van der Waals surface area contributed by atoms with Crippen molar-refractivity contribution in [2.45, 2.75) is 4.21 Å². The average molecular weight is 299 g/mol. The zero-order valence-corrected chi connectivity index (χ0v) is 11.1. The molecule has 2 rings (SSSR count). The zero-order chi connectivity index (χ0) is 14.2. The molecule has 19 heavy (non-hydrogen) atoms. The molecule has 2 aromatic rings. The first-order valence-corrected chi connectivity index (χ1v) is 6.80. The minimum Gasteiger partial charge on any atom is -0.506 e. The van der Waals surface area contributed by atoms with E-state index in [0.717, 1.165) is 29.2 Å². The summed E-state index contributed by atoms with van der Waals surface area (Å²) in [4.78, 5) is 36.0. The van der Waals surface area contributed by atoms with Crippen LogP contribution in [0.2, 0.25) is 0 Å². The van der Waals surface area contributed by atoms with Crippen molar-refractivity contribution in [3.63, 3.8) is 0 Å². The molecule has 2 aromatic heterocycles. The molecule has 9 heteroatoms. The van der Waals surface area contributed by atoms with Gasteiger partial charge in [-0.25, -0.2) is 0 Å². The molecule has 0 unspecified atom stereocenters. The summed E-state index contributed by atoms with van der Waals surface area (Å²) < 4.78 is 0.763. The normalized spacial score (nSPS) is 10.7. The smallest absolute Gasteiger partial charge is 0.252 e. The number of thioether (sulfide) groups is 1. The maximum Gasteiger partial charge on any atom is 0.252 e. The van der Waals surface area contributed by atoms with Gasteiger partial charge in [-0.05, 0) is 0 Å². The van der Waals surface area contributed by atoms with Crippen molar-refractivity contribution in [1.82, 2.24) is 4.98 Å². The Bertz CT molecular complexity index is 734. The van der Waals surface area contributed by atoms with Gasteiger partial charge in [0, 0.05) is 6.07 Å². The van der Waals surface area contributed by atoms with Crippen molar-refractivity contribution in [1.29, 1.82) is 0 Å². The minimum atomic E-state index is -0.750. The van der Waals surface area contributed by atoms with E-state index in [-0.39, 0.29) is 22.6 Å². The fraction of sp³-hybridized carbons (Fsp3) is 0.100. The molecule has 0 atom stereocenters. The number of carbonyl (C=O) groups excluding carboxylic acids is 2. The quantitative estimate of drug-likeness (QED) is 0.587. The number of aromatic nitrogens is 1. The van der Waals surface area contributed by atoms with Gasteiger partial charge < -0.3 is 21.6 Å². The Morgan fingerprint density at radius 3 is 2.68 bits per heavy atom. The van der Waals surface area contributed by atoms with E-state index in [1.54, 1.807) is 0 Å². The summed E-state index contributed by atoms with van der Waals surface area (Å²) in [5.74, 6) is -1.56. The fourth-order valence-electron chi connectivity index (χ4n) is 1.52. The first-order chi connectivity index (χ1) is 8.90. The number of rotatable bonds is 4. The van der Waals surface area contributed by atoms with Crippen LogP contribution in [0.5, 0.6) is 5.75 Å². The Kier molecular flexibility index (Phi) is 3.49. The summed E-state index contributed by atoms with van der Waals surface area (Å²) in [5, 5.41) is 9.69. The third-order valence-electron chi connectivity index (χ3n) is 2.22. The second kappa shape index (κ2) is 4.94. The molecule has 6 N–H and O–H groups in total. The maximum absolute atomic E-state index is 11.5. The van der Waals surface area contributed by atoms with Crippen molar-refractivity contribution in [2.75, 3.05) is 5.75 Å². The predicted molar refractivity (Wildman–Crippen MR) is 72.5 cm³/mol. The van der Waals surface area contributed by atoms with Gasteiger partial charge in [0.1, 0.15) is 5.75 Å². The van der Waals surface area contributed by atoms with E-state index >= 15 is 0 Å². The second-order valence-corrected chi connectivity index (χ2v) is 5.87. The first-order valence-electron chi connectivity index (χ1n) is 5.00. The molecule has 2 heterocycles. The standard InChI is InChI=1S/C10H9N3O4S2/c11-4(15)2-18-10-6(9(12)17)7-8(19-10)3(14)1-5(16)13-7/h1H,2H2,(H2,11,15)(H2,12,17)(H2,13,14,16). The molecular formula is C10H9N3O4S2. The lowest BCUT2D eigenvalue weighted by Crippen LogP contribution is -2.15. The van der Waals surface area contributed by atoms with Crippen LogP contribution in [0.25, 0.3) is 10.2 Å². The van der Waals surface area contributed by atoms with Crippen LogP contribution >= 0.6 is 23.1 Å². The predicted octanol–water partition coefficient (Wildman–Crippen LogP) is -0.0285. The average Bonchev–Trinajstić information content (AvgIpc) is 2.64. The Morgan fingerprint density at radius 2 is 2.11 bits per heavy atom. The number of pyridine rings is 1. The van der Waals surface area contributed by atoms with Crippen LogP contribution in [0.4, 0.5) is 0 Å². The van der Waals surface area contributed by atoms with E-state index < -0.39 is 17.4 Å². The number of nitrogens with two attached hydrogens (primary N) is 2. The highest BCUT2D eigenvalue weighted by atomic mass is 32.2. The van der Waals surface area contributed by atoms with E-state index in [1.807, 2.05) is 0 Å². The SMILES string of the molecule is NC(=O)CSc1sc2c(O)cc(=O)[nH]c2c1C(N)=O. The molecule has 0 saturated carbocycles. The van der Waals surface area contributed by atoms with E-state index in [0.29, 0.717) is 8.91 Å². The maximum atomic E-state index is 11.5. The second-order valence-electron chi connectivity index (χ2n) is 3.61. The van der Waals surface area contributed by atoms with Gasteiger partial charge in [0.05, 0.1) is 25.7 Å². The number of hydrogen-bond donors (Lipinski definition) is 4. The van der Waals surface area contributed by atoms with Gasteiger partial charge in [0.25, 0.3) is 11.5 Å². The van der Waals surface area contributed by atoms with Crippen LogP contribution in [-0.4, -0.2) is 27.7 Å². The van der Waals surface area contributed by atoms with Crippen LogP contribution in [0, 0.1) is 0 Å². The molecule has 0 aliphatic carbocycles. The number of primary amides is 2. The number of thiophene rings is 1. The highest BCUT2D eigenvalue weighted by Crippen LogP contribution is 2.39. The van der Waals surface area contributed by atoms with Crippen molar-refractivity contribution in [3.05, 3.63) is 22.0 Å². The molecule has 2 amide bonds. The molecule has 0 spiro atoms. The highest BCUT2D eigenvalue weighted by Gasteiger charge is 2.20. The van der Waals surface area contributed by atoms with Gasteiger partial charge >= 0.3 is 0 Å². The summed E-state index contributed by atoms with van der Waals surface area (Å²) >= 11 is 2.10. The number of hydrogen-bond acceptors (Lipinski definition) is 6. The van der Waals surface area contributed by atoms with E-state index in [2.05, 4.69) is 4.98 Å². The van der Waals surface area contributed by atoms with Crippen LogP contribution in [0.15, 0.2) is 15.1 Å². The van der Waals surface area contributed by atoms with Gasteiger partial charge in [0.2, 0.25) is 5.91 Å². The number of nitrogens with one attached hydrogen (secondary N) is 1. The minimum absolute atomic E-state index is 0.0297. The summed E-state index contributed by atoms with van der Waals surface area (Å²) in [6.07, 6.45) is 0. The Hall–Kier alpha value is -2.00. The van der Waals surface area contributed by atoms with Crippen LogP contribution in [0.1, 0.15) is 10.4 Å². The number of carbonyl (C=O) groups is 2. The van der Waals surface area contributed by atoms with Crippen molar-refractivity contribution in [2.24, 2.45) is 11.5 Å². The third-order valence-corrected chi connectivity index (χ3v) is 4.72. The Labute approximate surface area is 114 Å². The summed E-state index contributed by atoms with van der Waals surface area (Å²) in [6.45, 7) is 0. The van der Waals surface area contributed by atoms with Crippen LogP contribution < -0.4 is 17.0 Å². The molecule has 0 radical (unpaired) electrons. The lowest BCUT2D eigenvalue weighted by Gasteiger charge is -1.98. The van der Waals surface area contributed by atoms with Gasteiger partial charge in [-0.3, -0.25) is 14.4 Å². The number of H-pyrrole nitrogens is 1. The molecule has 0 fully saturated rings. The lowest BCUT2D eigenvalue weighted by molar-refractivity contribution is -0.115. The molecule has 0 aliphatic heterocycles.